The first-order valence-electron chi connectivity index (χ1n) is 6.35. The Morgan fingerprint density at radius 2 is 1.84 bits per heavy atom. The molecule has 0 bridgehead atoms. The van der Waals surface area contributed by atoms with Crippen molar-refractivity contribution in [3.8, 4) is 5.75 Å². The third kappa shape index (κ3) is 2.56. The third-order valence-corrected chi connectivity index (χ3v) is 4.05. The summed E-state index contributed by atoms with van der Waals surface area (Å²) in [6, 6.07) is 4.50. The van der Waals surface area contributed by atoms with Gasteiger partial charge in [-0.05, 0) is 25.0 Å². The number of ether oxygens (including phenoxy) is 1. The van der Waals surface area contributed by atoms with E-state index < -0.39 is 17.2 Å². The van der Waals surface area contributed by atoms with E-state index in [0.29, 0.717) is 11.3 Å². The topological polar surface area (TPSA) is 35.2 Å². The highest BCUT2D eigenvalue weighted by Gasteiger charge is 2.45. The van der Waals surface area contributed by atoms with Gasteiger partial charge in [0.15, 0.2) is 0 Å². The molecule has 0 atom stereocenters. The second kappa shape index (κ2) is 5.04. The maximum Gasteiger partial charge on any atom is 0.248 e. The van der Waals surface area contributed by atoms with Crippen molar-refractivity contribution >= 4 is 0 Å². The maximum absolute atomic E-state index is 14.1. The molecule has 19 heavy (non-hydrogen) atoms. The van der Waals surface area contributed by atoms with E-state index >= 15 is 0 Å². The third-order valence-electron chi connectivity index (χ3n) is 4.05. The van der Waals surface area contributed by atoms with Crippen LogP contribution in [0.5, 0.6) is 5.75 Å². The molecule has 1 aromatic carbocycles. The van der Waals surface area contributed by atoms with Crippen molar-refractivity contribution in [1.29, 1.82) is 0 Å². The predicted molar refractivity (Wildman–Crippen MR) is 67.1 cm³/mol. The fraction of sp³-hybridized carbons (Fsp3) is 0.571. The Kier molecular flexibility index (Phi) is 3.76. The second-order valence-corrected chi connectivity index (χ2v) is 5.16. The highest BCUT2D eigenvalue weighted by Crippen LogP contribution is 2.48. The largest absolute Gasteiger partial charge is 0.496 e. The molecule has 5 heteroatoms. The lowest BCUT2D eigenvalue weighted by molar-refractivity contribution is -0.0515. The summed E-state index contributed by atoms with van der Waals surface area (Å²) in [5, 5.41) is 0. The van der Waals surface area contributed by atoms with Crippen molar-refractivity contribution in [1.82, 2.24) is 0 Å². The molecule has 0 amide bonds. The van der Waals surface area contributed by atoms with Gasteiger partial charge in [0, 0.05) is 30.4 Å². The average Bonchev–Trinajstić information content (AvgIpc) is 2.40. The minimum absolute atomic E-state index is 0.139. The van der Waals surface area contributed by atoms with Crippen LogP contribution in [0.2, 0.25) is 0 Å². The Bertz CT molecular complexity index is 452. The Hall–Kier alpha value is -1.23. The number of alkyl halides is 2. The summed E-state index contributed by atoms with van der Waals surface area (Å²) in [5.74, 6) is -2.72. The predicted octanol–water partition coefficient (Wildman–Crippen LogP) is 3.24. The summed E-state index contributed by atoms with van der Waals surface area (Å²) in [6.07, 6.45) is -0.176. The van der Waals surface area contributed by atoms with E-state index in [1.807, 2.05) is 0 Å². The van der Waals surface area contributed by atoms with Gasteiger partial charge in [-0.25, -0.2) is 13.2 Å². The summed E-state index contributed by atoms with van der Waals surface area (Å²) in [4.78, 5) is 0. The van der Waals surface area contributed by atoms with E-state index in [-0.39, 0.29) is 32.2 Å². The van der Waals surface area contributed by atoms with Crippen LogP contribution in [0.1, 0.15) is 31.2 Å². The lowest BCUT2D eigenvalue weighted by Gasteiger charge is -2.40. The Balaban J connectivity index is 2.43. The fourth-order valence-corrected chi connectivity index (χ4v) is 2.84. The van der Waals surface area contributed by atoms with Crippen LogP contribution in [0.25, 0.3) is 0 Å². The zero-order chi connectivity index (χ0) is 14.1. The summed E-state index contributed by atoms with van der Waals surface area (Å²) in [5.41, 5.74) is 5.38. The van der Waals surface area contributed by atoms with Crippen LogP contribution in [0.15, 0.2) is 18.2 Å². The van der Waals surface area contributed by atoms with Crippen molar-refractivity contribution in [2.75, 3.05) is 13.7 Å². The van der Waals surface area contributed by atoms with Gasteiger partial charge in [-0.15, -0.1) is 0 Å². The van der Waals surface area contributed by atoms with Gasteiger partial charge in [0.2, 0.25) is 5.92 Å². The summed E-state index contributed by atoms with van der Waals surface area (Å²) in [7, 11) is 1.44. The number of benzene rings is 1. The molecule has 0 spiro atoms. The zero-order valence-electron chi connectivity index (χ0n) is 10.9. The summed E-state index contributed by atoms with van der Waals surface area (Å²) < 4.78 is 45.9. The van der Waals surface area contributed by atoms with Crippen molar-refractivity contribution in [2.24, 2.45) is 5.73 Å². The van der Waals surface area contributed by atoms with Gasteiger partial charge in [0.05, 0.1) is 7.11 Å². The lowest BCUT2D eigenvalue weighted by Crippen LogP contribution is -2.43. The number of rotatable bonds is 3. The van der Waals surface area contributed by atoms with Gasteiger partial charge in [-0.1, -0.05) is 6.07 Å². The molecule has 2 nitrogen and oxygen atoms in total. The Morgan fingerprint density at radius 1 is 1.21 bits per heavy atom. The van der Waals surface area contributed by atoms with Crippen LogP contribution < -0.4 is 10.5 Å². The highest BCUT2D eigenvalue weighted by atomic mass is 19.3. The first kappa shape index (κ1) is 14.2. The van der Waals surface area contributed by atoms with Gasteiger partial charge in [0.1, 0.15) is 11.6 Å². The highest BCUT2D eigenvalue weighted by molar-refractivity contribution is 5.41. The molecule has 0 aromatic heterocycles. The number of hydrogen-bond donors (Lipinski definition) is 1. The molecule has 0 heterocycles. The van der Waals surface area contributed by atoms with Gasteiger partial charge in [0.25, 0.3) is 0 Å². The molecule has 1 aliphatic carbocycles. The number of nitrogens with two attached hydrogens (primary N) is 1. The molecular weight excluding hydrogens is 255 g/mol. The van der Waals surface area contributed by atoms with Crippen molar-refractivity contribution in [3.05, 3.63) is 29.6 Å². The Labute approximate surface area is 110 Å². The van der Waals surface area contributed by atoms with E-state index in [9.17, 15) is 13.2 Å². The molecule has 2 rings (SSSR count). The van der Waals surface area contributed by atoms with E-state index in [1.165, 1.54) is 13.2 Å². The lowest BCUT2D eigenvalue weighted by atomic mass is 9.68. The van der Waals surface area contributed by atoms with Crippen molar-refractivity contribution in [3.63, 3.8) is 0 Å². The van der Waals surface area contributed by atoms with E-state index in [4.69, 9.17) is 10.5 Å². The molecule has 1 aliphatic rings. The number of hydrogen-bond acceptors (Lipinski definition) is 2. The number of methoxy groups -OCH3 is 1. The molecular formula is C14H18F3NO. The van der Waals surface area contributed by atoms with Crippen LogP contribution in [0.3, 0.4) is 0 Å². The monoisotopic (exact) mass is 273 g/mol. The normalized spacial score (nSPS) is 21.1. The minimum atomic E-state index is -2.67. The zero-order valence-corrected chi connectivity index (χ0v) is 10.9. The van der Waals surface area contributed by atoms with Crippen LogP contribution >= 0.6 is 0 Å². The summed E-state index contributed by atoms with van der Waals surface area (Å²) >= 11 is 0. The van der Waals surface area contributed by atoms with Crippen molar-refractivity contribution in [2.45, 2.75) is 37.0 Å². The first-order valence-corrected chi connectivity index (χ1v) is 6.35. The van der Waals surface area contributed by atoms with E-state index in [1.54, 1.807) is 12.1 Å². The van der Waals surface area contributed by atoms with E-state index in [0.717, 1.165) is 0 Å². The SMILES string of the molecule is COc1cccc(F)c1C1(CN)CCC(F)(F)CC1. The van der Waals surface area contributed by atoms with Gasteiger partial charge < -0.3 is 10.5 Å². The van der Waals surface area contributed by atoms with E-state index in [2.05, 4.69) is 0 Å². The molecule has 1 aromatic rings. The molecule has 1 saturated carbocycles. The van der Waals surface area contributed by atoms with Gasteiger partial charge >= 0.3 is 0 Å². The molecule has 0 unspecified atom stereocenters. The smallest absolute Gasteiger partial charge is 0.248 e. The standard InChI is InChI=1S/C14H18F3NO/c1-19-11-4-2-3-10(15)12(11)13(9-18)5-7-14(16,17)8-6-13/h2-4H,5-9,18H2,1H3. The van der Waals surface area contributed by atoms with Crippen LogP contribution in [-0.4, -0.2) is 19.6 Å². The first-order chi connectivity index (χ1) is 8.94. The molecule has 1 fully saturated rings. The van der Waals surface area contributed by atoms with Crippen LogP contribution in [-0.2, 0) is 5.41 Å². The molecule has 2 N–H and O–H groups in total. The maximum atomic E-state index is 14.1. The average molecular weight is 273 g/mol. The molecule has 0 radical (unpaired) electrons. The van der Waals surface area contributed by atoms with Crippen LogP contribution in [0, 0.1) is 5.82 Å². The molecule has 0 aliphatic heterocycles. The fourth-order valence-electron chi connectivity index (χ4n) is 2.84. The quantitative estimate of drug-likeness (QED) is 0.917. The summed E-state index contributed by atoms with van der Waals surface area (Å²) in [6.45, 7) is 0.139. The van der Waals surface area contributed by atoms with Crippen molar-refractivity contribution < 1.29 is 17.9 Å². The molecule has 106 valence electrons. The van der Waals surface area contributed by atoms with Gasteiger partial charge in [-0.2, -0.15) is 0 Å². The Morgan fingerprint density at radius 3 is 2.37 bits per heavy atom. The second-order valence-electron chi connectivity index (χ2n) is 5.16. The number of halogens is 3. The molecule has 0 saturated heterocycles. The minimum Gasteiger partial charge on any atom is -0.496 e. The van der Waals surface area contributed by atoms with Crippen LogP contribution in [0.4, 0.5) is 13.2 Å². The van der Waals surface area contributed by atoms with Gasteiger partial charge in [-0.3, -0.25) is 0 Å².